The first-order valence-electron chi connectivity index (χ1n) is 7.40. The molecule has 0 radical (unpaired) electrons. The van der Waals surface area contributed by atoms with Gasteiger partial charge in [-0.15, -0.1) is 0 Å². The Balaban J connectivity index is 1.80. The zero-order valence-corrected chi connectivity index (χ0v) is 12.6. The van der Waals surface area contributed by atoms with Crippen LogP contribution in [0.4, 0.5) is 0 Å². The third kappa shape index (κ3) is 3.46. The van der Waals surface area contributed by atoms with E-state index in [2.05, 4.69) is 46.1 Å². The molecule has 110 valence electrons. The number of hydrogen-bond donors (Lipinski definition) is 0. The first kappa shape index (κ1) is 14.2. The maximum absolute atomic E-state index is 5.85. The second-order valence-electron chi connectivity index (χ2n) is 5.65. The number of rotatable bonds is 3. The molecule has 0 spiro atoms. The number of nitrogens with zero attached hydrogens (tertiary/aromatic N) is 3. The van der Waals surface area contributed by atoms with Crippen molar-refractivity contribution in [2.24, 2.45) is 0 Å². The Hall–Kier alpha value is -1.78. The van der Waals surface area contributed by atoms with Crippen LogP contribution in [0.25, 0.3) is 0 Å². The van der Waals surface area contributed by atoms with Crippen LogP contribution in [0.5, 0.6) is 0 Å². The molecule has 2 heterocycles. The van der Waals surface area contributed by atoms with E-state index in [0.717, 1.165) is 31.1 Å². The topological polar surface area (TPSA) is 38.2 Å². The SMILES string of the molecule is Cc1cnc(CN2C[C@@H](C)OC[C@H]2c2ccccc2)cn1. The van der Waals surface area contributed by atoms with Gasteiger partial charge < -0.3 is 4.74 Å². The molecule has 0 unspecified atom stereocenters. The molecule has 4 nitrogen and oxygen atoms in total. The van der Waals surface area contributed by atoms with Crippen molar-refractivity contribution in [2.45, 2.75) is 32.5 Å². The van der Waals surface area contributed by atoms with Gasteiger partial charge in [0.25, 0.3) is 0 Å². The molecule has 0 amide bonds. The third-order valence-electron chi connectivity index (χ3n) is 3.85. The summed E-state index contributed by atoms with van der Waals surface area (Å²) < 4.78 is 5.85. The molecule has 1 aliphatic heterocycles. The van der Waals surface area contributed by atoms with Crippen LogP contribution in [-0.2, 0) is 11.3 Å². The summed E-state index contributed by atoms with van der Waals surface area (Å²) >= 11 is 0. The van der Waals surface area contributed by atoms with Gasteiger partial charge >= 0.3 is 0 Å². The van der Waals surface area contributed by atoms with Crippen molar-refractivity contribution in [3.8, 4) is 0 Å². The predicted molar refractivity (Wildman–Crippen MR) is 81.8 cm³/mol. The van der Waals surface area contributed by atoms with E-state index in [-0.39, 0.29) is 12.1 Å². The van der Waals surface area contributed by atoms with Crippen molar-refractivity contribution in [2.75, 3.05) is 13.2 Å². The Labute approximate surface area is 125 Å². The molecule has 21 heavy (non-hydrogen) atoms. The average molecular weight is 283 g/mol. The van der Waals surface area contributed by atoms with Gasteiger partial charge in [0.15, 0.2) is 0 Å². The zero-order chi connectivity index (χ0) is 14.7. The summed E-state index contributed by atoms with van der Waals surface area (Å²) in [6, 6.07) is 10.8. The van der Waals surface area contributed by atoms with Crippen molar-refractivity contribution in [3.05, 3.63) is 59.7 Å². The van der Waals surface area contributed by atoms with E-state index in [0.29, 0.717) is 0 Å². The average Bonchev–Trinajstić information content (AvgIpc) is 2.51. The molecule has 1 aromatic carbocycles. The van der Waals surface area contributed by atoms with Gasteiger partial charge in [-0.3, -0.25) is 14.9 Å². The quantitative estimate of drug-likeness (QED) is 0.868. The van der Waals surface area contributed by atoms with E-state index < -0.39 is 0 Å². The van der Waals surface area contributed by atoms with Gasteiger partial charge in [0, 0.05) is 25.5 Å². The minimum absolute atomic E-state index is 0.253. The molecule has 2 aromatic rings. The van der Waals surface area contributed by atoms with E-state index in [4.69, 9.17) is 4.74 Å². The Kier molecular flexibility index (Phi) is 4.27. The fourth-order valence-electron chi connectivity index (χ4n) is 2.74. The van der Waals surface area contributed by atoms with E-state index in [1.54, 1.807) is 0 Å². The molecule has 1 aliphatic rings. The fraction of sp³-hybridized carbons (Fsp3) is 0.412. The van der Waals surface area contributed by atoms with Crippen LogP contribution in [0.1, 0.15) is 29.9 Å². The minimum atomic E-state index is 0.253. The molecular formula is C17H21N3O. The highest BCUT2D eigenvalue weighted by atomic mass is 16.5. The Morgan fingerprint density at radius 1 is 1.19 bits per heavy atom. The first-order chi connectivity index (χ1) is 10.2. The molecule has 1 saturated heterocycles. The van der Waals surface area contributed by atoms with E-state index in [9.17, 15) is 0 Å². The first-order valence-corrected chi connectivity index (χ1v) is 7.40. The highest BCUT2D eigenvalue weighted by Gasteiger charge is 2.28. The molecule has 1 fully saturated rings. The van der Waals surface area contributed by atoms with Crippen molar-refractivity contribution in [1.82, 2.24) is 14.9 Å². The standard InChI is InChI=1S/C17H21N3O/c1-13-8-19-16(9-18-13)11-20-10-14(2)21-12-17(20)15-6-4-3-5-7-15/h3-9,14,17H,10-12H2,1-2H3/t14-,17+/m1/s1. The molecule has 0 aliphatic carbocycles. The van der Waals surface area contributed by atoms with Gasteiger partial charge in [0.05, 0.1) is 30.1 Å². The second-order valence-corrected chi connectivity index (χ2v) is 5.65. The lowest BCUT2D eigenvalue weighted by Gasteiger charge is -2.38. The van der Waals surface area contributed by atoms with Crippen LogP contribution in [0, 0.1) is 6.92 Å². The van der Waals surface area contributed by atoms with Gasteiger partial charge in [0.2, 0.25) is 0 Å². The summed E-state index contributed by atoms with van der Waals surface area (Å²) in [6.07, 6.45) is 3.96. The van der Waals surface area contributed by atoms with Crippen LogP contribution >= 0.6 is 0 Å². The lowest BCUT2D eigenvalue weighted by Crippen LogP contribution is -2.43. The smallest absolute Gasteiger partial charge is 0.0727 e. The molecule has 1 aromatic heterocycles. The number of morpholine rings is 1. The summed E-state index contributed by atoms with van der Waals surface area (Å²) in [5, 5.41) is 0. The maximum Gasteiger partial charge on any atom is 0.0727 e. The summed E-state index contributed by atoms with van der Waals surface area (Å²) in [7, 11) is 0. The number of aromatic nitrogens is 2. The maximum atomic E-state index is 5.85. The third-order valence-corrected chi connectivity index (χ3v) is 3.85. The number of benzene rings is 1. The molecular weight excluding hydrogens is 262 g/mol. The lowest BCUT2D eigenvalue weighted by atomic mass is 10.0. The monoisotopic (exact) mass is 283 g/mol. The Bertz CT molecular complexity index is 570. The normalized spacial score (nSPS) is 23.1. The van der Waals surface area contributed by atoms with Gasteiger partial charge in [-0.05, 0) is 19.4 Å². The largest absolute Gasteiger partial charge is 0.375 e. The van der Waals surface area contributed by atoms with Crippen LogP contribution in [0.3, 0.4) is 0 Å². The van der Waals surface area contributed by atoms with Gasteiger partial charge in [0.1, 0.15) is 0 Å². The molecule has 0 saturated carbocycles. The van der Waals surface area contributed by atoms with E-state index >= 15 is 0 Å². The second kappa shape index (κ2) is 6.33. The molecule has 0 N–H and O–H groups in total. The number of ether oxygens (including phenoxy) is 1. The van der Waals surface area contributed by atoms with Crippen molar-refractivity contribution < 1.29 is 4.74 Å². The predicted octanol–water partition coefficient (Wildman–Crippen LogP) is 2.75. The van der Waals surface area contributed by atoms with Crippen LogP contribution in [-0.4, -0.2) is 34.1 Å². The highest BCUT2D eigenvalue weighted by molar-refractivity contribution is 5.20. The summed E-state index contributed by atoms with van der Waals surface area (Å²) in [5.74, 6) is 0. The molecule has 3 rings (SSSR count). The minimum Gasteiger partial charge on any atom is -0.375 e. The van der Waals surface area contributed by atoms with Gasteiger partial charge in [-0.2, -0.15) is 0 Å². The molecule has 4 heteroatoms. The Morgan fingerprint density at radius 3 is 2.71 bits per heavy atom. The Morgan fingerprint density at radius 2 is 2.00 bits per heavy atom. The van der Waals surface area contributed by atoms with Crippen LogP contribution < -0.4 is 0 Å². The lowest BCUT2D eigenvalue weighted by molar-refractivity contribution is -0.0602. The van der Waals surface area contributed by atoms with E-state index in [1.807, 2.05) is 25.4 Å². The zero-order valence-electron chi connectivity index (χ0n) is 12.6. The number of hydrogen-bond acceptors (Lipinski definition) is 4. The van der Waals surface area contributed by atoms with Crippen molar-refractivity contribution in [1.29, 1.82) is 0 Å². The van der Waals surface area contributed by atoms with Crippen molar-refractivity contribution >= 4 is 0 Å². The highest BCUT2D eigenvalue weighted by Crippen LogP contribution is 2.27. The van der Waals surface area contributed by atoms with Crippen LogP contribution in [0.15, 0.2) is 42.7 Å². The summed E-state index contributed by atoms with van der Waals surface area (Å²) in [6.45, 7) is 6.52. The van der Waals surface area contributed by atoms with Gasteiger partial charge in [-0.25, -0.2) is 0 Å². The van der Waals surface area contributed by atoms with Crippen molar-refractivity contribution in [3.63, 3.8) is 0 Å². The van der Waals surface area contributed by atoms with E-state index in [1.165, 1.54) is 5.56 Å². The number of aryl methyl sites for hydroxylation is 1. The summed E-state index contributed by atoms with van der Waals surface area (Å²) in [5.41, 5.74) is 3.26. The van der Waals surface area contributed by atoms with Gasteiger partial charge in [-0.1, -0.05) is 30.3 Å². The van der Waals surface area contributed by atoms with Crippen LogP contribution in [0.2, 0.25) is 0 Å². The molecule has 0 bridgehead atoms. The molecule has 2 atom stereocenters. The summed E-state index contributed by atoms with van der Waals surface area (Å²) in [4.78, 5) is 11.3. The fourth-order valence-corrected chi connectivity index (χ4v) is 2.74.